The molecule has 2 rings (SSSR count). The Hall–Kier alpha value is -2.06. The number of nitrogen functional groups attached to an aromatic ring is 1. The molecule has 1 aromatic carbocycles. The van der Waals surface area contributed by atoms with Crippen molar-refractivity contribution in [2.24, 2.45) is 0 Å². The first-order valence-electron chi connectivity index (χ1n) is 4.95. The Bertz CT molecular complexity index is 572. The highest BCUT2D eigenvalue weighted by molar-refractivity contribution is 7.99. The minimum Gasteiger partial charge on any atom is -0.398 e. The molecule has 0 aliphatic carbocycles. The molecule has 0 fully saturated rings. The second kappa shape index (κ2) is 4.85. The second-order valence-electron chi connectivity index (χ2n) is 3.51. The lowest BCUT2D eigenvalue weighted by molar-refractivity contribution is 0.950. The van der Waals surface area contributed by atoms with Gasteiger partial charge in [-0.2, -0.15) is 5.26 Å². The van der Waals surface area contributed by atoms with Gasteiger partial charge >= 0.3 is 0 Å². The SMILES string of the molecule is Cc1cnc(Sc2ccc(C#N)cc2N)nc1. The highest BCUT2D eigenvalue weighted by Crippen LogP contribution is 2.29. The van der Waals surface area contributed by atoms with E-state index in [1.807, 2.05) is 19.1 Å². The van der Waals surface area contributed by atoms with Crippen molar-refractivity contribution in [3.05, 3.63) is 41.7 Å². The molecule has 0 unspecified atom stereocenters. The van der Waals surface area contributed by atoms with Gasteiger partial charge in [-0.15, -0.1) is 0 Å². The third-order valence-corrected chi connectivity index (χ3v) is 3.08. The largest absolute Gasteiger partial charge is 0.398 e. The third kappa shape index (κ3) is 2.74. The molecule has 0 amide bonds. The normalized spacial score (nSPS) is 9.88. The highest BCUT2D eigenvalue weighted by Gasteiger charge is 2.05. The number of benzene rings is 1. The molecule has 0 saturated heterocycles. The average Bonchev–Trinajstić information content (AvgIpc) is 2.34. The first-order chi connectivity index (χ1) is 8.19. The van der Waals surface area contributed by atoms with E-state index < -0.39 is 0 Å². The van der Waals surface area contributed by atoms with Gasteiger partial charge in [-0.05, 0) is 42.4 Å². The molecule has 0 aliphatic heterocycles. The van der Waals surface area contributed by atoms with Crippen LogP contribution < -0.4 is 5.73 Å². The Labute approximate surface area is 104 Å². The minimum absolute atomic E-state index is 0.552. The van der Waals surface area contributed by atoms with Crippen molar-refractivity contribution < 1.29 is 0 Å². The van der Waals surface area contributed by atoms with Gasteiger partial charge in [-0.3, -0.25) is 0 Å². The van der Waals surface area contributed by atoms with Crippen molar-refractivity contribution in [2.45, 2.75) is 17.0 Å². The molecule has 5 heteroatoms. The van der Waals surface area contributed by atoms with Crippen LogP contribution in [0.5, 0.6) is 0 Å². The summed E-state index contributed by atoms with van der Waals surface area (Å²) in [5, 5.41) is 9.38. The van der Waals surface area contributed by atoms with Crippen molar-refractivity contribution in [1.29, 1.82) is 5.26 Å². The average molecular weight is 242 g/mol. The van der Waals surface area contributed by atoms with Gasteiger partial charge in [-0.1, -0.05) is 0 Å². The van der Waals surface area contributed by atoms with Crippen LogP contribution in [-0.2, 0) is 0 Å². The fraction of sp³-hybridized carbons (Fsp3) is 0.0833. The van der Waals surface area contributed by atoms with Gasteiger partial charge in [0.1, 0.15) is 0 Å². The molecule has 0 spiro atoms. The molecular formula is C12H10N4S. The van der Waals surface area contributed by atoms with Gasteiger partial charge in [0.25, 0.3) is 0 Å². The van der Waals surface area contributed by atoms with Crippen molar-refractivity contribution in [2.75, 3.05) is 5.73 Å². The Balaban J connectivity index is 2.25. The molecule has 17 heavy (non-hydrogen) atoms. The van der Waals surface area contributed by atoms with Crippen molar-refractivity contribution in [1.82, 2.24) is 9.97 Å². The molecule has 0 saturated carbocycles. The van der Waals surface area contributed by atoms with E-state index >= 15 is 0 Å². The number of hydrogen-bond acceptors (Lipinski definition) is 5. The van der Waals surface area contributed by atoms with Gasteiger partial charge < -0.3 is 5.73 Å². The van der Waals surface area contributed by atoms with Crippen LogP contribution in [0.25, 0.3) is 0 Å². The third-order valence-electron chi connectivity index (χ3n) is 2.10. The highest BCUT2D eigenvalue weighted by atomic mass is 32.2. The van der Waals surface area contributed by atoms with Gasteiger partial charge in [0.15, 0.2) is 5.16 Å². The topological polar surface area (TPSA) is 75.6 Å². The van der Waals surface area contributed by atoms with Crippen molar-refractivity contribution >= 4 is 17.4 Å². The van der Waals surface area contributed by atoms with E-state index in [1.165, 1.54) is 11.8 Å². The summed E-state index contributed by atoms with van der Waals surface area (Å²) in [6, 6.07) is 7.23. The van der Waals surface area contributed by atoms with E-state index in [9.17, 15) is 0 Å². The molecule has 2 N–H and O–H groups in total. The van der Waals surface area contributed by atoms with Crippen molar-refractivity contribution in [3.63, 3.8) is 0 Å². The lowest BCUT2D eigenvalue weighted by Gasteiger charge is -2.04. The van der Waals surface area contributed by atoms with Crippen LogP contribution in [0.4, 0.5) is 5.69 Å². The number of nitrogens with two attached hydrogens (primary N) is 1. The lowest BCUT2D eigenvalue weighted by atomic mass is 10.2. The zero-order chi connectivity index (χ0) is 12.3. The van der Waals surface area contributed by atoms with Crippen LogP contribution in [-0.4, -0.2) is 9.97 Å². The maximum absolute atomic E-state index is 8.74. The van der Waals surface area contributed by atoms with E-state index in [4.69, 9.17) is 11.0 Å². The van der Waals surface area contributed by atoms with Crippen LogP contribution in [0.1, 0.15) is 11.1 Å². The Kier molecular flexibility index (Phi) is 3.26. The number of aryl methyl sites for hydroxylation is 1. The molecule has 84 valence electrons. The maximum Gasteiger partial charge on any atom is 0.192 e. The molecule has 1 heterocycles. The first kappa shape index (κ1) is 11.4. The van der Waals surface area contributed by atoms with Crippen LogP contribution in [0.2, 0.25) is 0 Å². The number of nitriles is 1. The summed E-state index contributed by atoms with van der Waals surface area (Å²) in [6.07, 6.45) is 3.52. The number of anilines is 1. The maximum atomic E-state index is 8.74. The summed E-state index contributed by atoms with van der Waals surface area (Å²) in [5.74, 6) is 0. The number of aromatic nitrogens is 2. The van der Waals surface area contributed by atoms with E-state index in [0.717, 1.165) is 10.5 Å². The molecule has 0 atom stereocenters. The fourth-order valence-electron chi connectivity index (χ4n) is 1.24. The molecule has 2 aromatic rings. The second-order valence-corrected chi connectivity index (χ2v) is 4.52. The monoisotopic (exact) mass is 242 g/mol. The summed E-state index contributed by atoms with van der Waals surface area (Å²) < 4.78 is 0. The van der Waals surface area contributed by atoms with E-state index in [1.54, 1.807) is 24.5 Å². The Morgan fingerprint density at radius 2 is 2.00 bits per heavy atom. The van der Waals surface area contributed by atoms with Gasteiger partial charge in [0.05, 0.1) is 11.6 Å². The summed E-state index contributed by atoms with van der Waals surface area (Å²) >= 11 is 1.39. The fourth-order valence-corrected chi connectivity index (χ4v) is 1.96. The standard InChI is InChI=1S/C12H10N4S/c1-8-6-15-12(16-7-8)17-11-3-2-9(5-13)4-10(11)14/h2-4,6-7H,14H2,1H3. The molecule has 0 radical (unpaired) electrons. The quantitative estimate of drug-likeness (QED) is 0.646. The van der Waals surface area contributed by atoms with E-state index in [-0.39, 0.29) is 0 Å². The molecular weight excluding hydrogens is 232 g/mol. The predicted molar refractivity (Wildman–Crippen MR) is 66.5 cm³/mol. The van der Waals surface area contributed by atoms with E-state index in [0.29, 0.717) is 16.4 Å². The van der Waals surface area contributed by atoms with Crippen LogP contribution in [0.3, 0.4) is 0 Å². The number of rotatable bonds is 2. The smallest absolute Gasteiger partial charge is 0.192 e. The Morgan fingerprint density at radius 3 is 2.59 bits per heavy atom. The number of nitrogens with zero attached hydrogens (tertiary/aromatic N) is 3. The summed E-state index contributed by atoms with van der Waals surface area (Å²) in [4.78, 5) is 9.23. The summed E-state index contributed by atoms with van der Waals surface area (Å²) in [7, 11) is 0. The van der Waals surface area contributed by atoms with Crippen LogP contribution in [0.15, 0.2) is 40.6 Å². The molecule has 1 aromatic heterocycles. The van der Waals surface area contributed by atoms with Crippen LogP contribution in [0, 0.1) is 18.3 Å². The zero-order valence-corrected chi connectivity index (χ0v) is 10.0. The van der Waals surface area contributed by atoms with Gasteiger partial charge in [0.2, 0.25) is 0 Å². The molecule has 0 aliphatic rings. The first-order valence-corrected chi connectivity index (χ1v) is 5.77. The van der Waals surface area contributed by atoms with Gasteiger partial charge in [0, 0.05) is 23.0 Å². The minimum atomic E-state index is 0.552. The number of hydrogen-bond donors (Lipinski definition) is 1. The Morgan fingerprint density at radius 1 is 1.29 bits per heavy atom. The van der Waals surface area contributed by atoms with E-state index in [2.05, 4.69) is 9.97 Å². The van der Waals surface area contributed by atoms with Crippen molar-refractivity contribution in [3.8, 4) is 6.07 Å². The van der Waals surface area contributed by atoms with Gasteiger partial charge in [-0.25, -0.2) is 9.97 Å². The molecule has 4 nitrogen and oxygen atoms in total. The molecule has 0 bridgehead atoms. The van der Waals surface area contributed by atoms with Crippen LogP contribution >= 0.6 is 11.8 Å². The predicted octanol–water partition coefficient (Wildman–Crippen LogP) is 2.39. The summed E-state index contributed by atoms with van der Waals surface area (Å²) in [6.45, 7) is 1.94. The lowest BCUT2D eigenvalue weighted by Crippen LogP contribution is -1.92. The summed E-state index contributed by atoms with van der Waals surface area (Å²) in [5.41, 5.74) is 7.98. The zero-order valence-electron chi connectivity index (χ0n) is 9.21.